The monoisotopic (exact) mass is 786 g/mol. The Morgan fingerprint density at radius 2 is 1.32 bits per heavy atom. The topological polar surface area (TPSA) is 310 Å². The quantitative estimate of drug-likeness (QED) is 0.0358. The summed E-state index contributed by atoms with van der Waals surface area (Å²) in [6.45, 7) is -0.0164. The van der Waals surface area contributed by atoms with E-state index in [1.54, 1.807) is 0 Å². The number of phenols is 4. The second kappa shape index (κ2) is 18.9. The van der Waals surface area contributed by atoms with E-state index in [9.17, 15) is 69.9 Å². The molecule has 0 saturated heterocycles. The van der Waals surface area contributed by atoms with Crippen molar-refractivity contribution in [3.63, 3.8) is 0 Å². The summed E-state index contributed by atoms with van der Waals surface area (Å²) in [6, 6.07) is 6.57. The molecular weight excluding hydrogens is 740 g/mol. The van der Waals surface area contributed by atoms with Crippen LogP contribution in [0.2, 0.25) is 0 Å². The summed E-state index contributed by atoms with van der Waals surface area (Å²) >= 11 is 0. The van der Waals surface area contributed by atoms with Crippen molar-refractivity contribution in [2.45, 2.75) is 99.1 Å². The first-order chi connectivity index (χ1) is 26.4. The third kappa shape index (κ3) is 11.7. The molecule has 2 aromatic rings. The normalized spacial score (nSPS) is 27.0. The fourth-order valence-electron chi connectivity index (χ4n) is 6.48. The number of aromatic hydroxyl groups is 4. The van der Waals surface area contributed by atoms with Crippen molar-refractivity contribution in [2.75, 3.05) is 6.54 Å². The second-order valence-corrected chi connectivity index (χ2v) is 14.0. The van der Waals surface area contributed by atoms with Gasteiger partial charge in [0.05, 0.1) is 18.2 Å². The highest BCUT2D eigenvalue weighted by Gasteiger charge is 2.50. The Bertz CT molecular complexity index is 1820. The third-order valence-corrected chi connectivity index (χ3v) is 9.46. The number of rotatable bonds is 15. The largest absolute Gasteiger partial charge is 0.504 e. The highest BCUT2D eigenvalue weighted by Crippen LogP contribution is 2.33. The van der Waals surface area contributed by atoms with Gasteiger partial charge in [-0.3, -0.25) is 9.59 Å². The molecule has 2 aliphatic rings. The van der Waals surface area contributed by atoms with Crippen molar-refractivity contribution in [1.82, 2.24) is 10.6 Å². The van der Waals surface area contributed by atoms with E-state index < -0.39 is 95.9 Å². The number of amides is 2. The number of aliphatic hydroxyl groups is 5. The number of hydrogen-bond acceptors (Lipinski definition) is 16. The van der Waals surface area contributed by atoms with Crippen molar-refractivity contribution >= 4 is 42.2 Å². The molecule has 11 N–H and O–H groups in total. The molecule has 4 rings (SSSR count). The molecule has 2 aliphatic carbocycles. The SMILES string of the molecule is O=CC(CCCCNC(=O)[C@]1(O)C[C@@H](O)[C@@H](O)[C@H](OC(=O)/C=C/c2ccc(O)c(O)c2)C1)NC(=O)[C@]1(O)C[C@@H](O)C[C@H](OC(=O)/C=C/c2ccc(O)c(O)c2)C1. The van der Waals surface area contributed by atoms with Crippen LogP contribution in [-0.4, -0.2) is 130 Å². The summed E-state index contributed by atoms with van der Waals surface area (Å²) in [6.07, 6.45) is -3.33. The zero-order valence-electron chi connectivity index (χ0n) is 30.1. The summed E-state index contributed by atoms with van der Waals surface area (Å²) in [5.74, 6) is -5.26. The van der Waals surface area contributed by atoms with Gasteiger partial charge < -0.3 is 70.9 Å². The van der Waals surface area contributed by atoms with Crippen molar-refractivity contribution in [2.24, 2.45) is 0 Å². The number of carbonyl (C=O) groups is 5. The molecule has 2 saturated carbocycles. The summed E-state index contributed by atoms with van der Waals surface area (Å²) in [5.41, 5.74) is -3.71. The Morgan fingerprint density at radius 3 is 1.89 bits per heavy atom. The average molecular weight is 787 g/mol. The van der Waals surface area contributed by atoms with Crippen LogP contribution in [0.25, 0.3) is 12.2 Å². The van der Waals surface area contributed by atoms with Gasteiger partial charge in [0.2, 0.25) is 0 Å². The Balaban J connectivity index is 1.22. The zero-order valence-corrected chi connectivity index (χ0v) is 30.1. The minimum Gasteiger partial charge on any atom is -0.504 e. The Morgan fingerprint density at radius 1 is 0.750 bits per heavy atom. The fourth-order valence-corrected chi connectivity index (χ4v) is 6.48. The molecule has 0 radical (unpaired) electrons. The third-order valence-electron chi connectivity index (χ3n) is 9.46. The number of esters is 2. The van der Waals surface area contributed by atoms with Gasteiger partial charge in [-0.1, -0.05) is 12.1 Å². The summed E-state index contributed by atoms with van der Waals surface area (Å²) in [5, 5.41) is 96.2. The minimum absolute atomic E-state index is 0.0164. The molecule has 56 heavy (non-hydrogen) atoms. The zero-order chi connectivity index (χ0) is 41.2. The predicted molar refractivity (Wildman–Crippen MR) is 193 cm³/mol. The van der Waals surface area contributed by atoms with Gasteiger partial charge in [-0.05, 0) is 66.8 Å². The van der Waals surface area contributed by atoms with Crippen molar-refractivity contribution in [3.05, 3.63) is 59.7 Å². The van der Waals surface area contributed by atoms with Crippen LogP contribution in [0.3, 0.4) is 0 Å². The average Bonchev–Trinajstić information content (AvgIpc) is 3.13. The van der Waals surface area contributed by atoms with Gasteiger partial charge >= 0.3 is 11.9 Å². The van der Waals surface area contributed by atoms with E-state index in [-0.39, 0.29) is 56.6 Å². The summed E-state index contributed by atoms with van der Waals surface area (Å²) in [7, 11) is 0. The molecule has 2 fully saturated rings. The van der Waals surface area contributed by atoms with Gasteiger partial charge in [0.25, 0.3) is 11.8 Å². The number of aldehydes is 1. The van der Waals surface area contributed by atoms with Gasteiger partial charge in [-0.15, -0.1) is 0 Å². The van der Waals surface area contributed by atoms with E-state index >= 15 is 0 Å². The molecule has 0 aliphatic heterocycles. The van der Waals surface area contributed by atoms with E-state index in [0.29, 0.717) is 17.4 Å². The molecule has 0 aromatic heterocycles. The van der Waals surface area contributed by atoms with Crippen molar-refractivity contribution in [1.29, 1.82) is 0 Å². The Labute approximate surface area is 320 Å². The van der Waals surface area contributed by atoms with Crippen LogP contribution in [0.5, 0.6) is 23.0 Å². The molecule has 18 heteroatoms. The van der Waals surface area contributed by atoms with E-state index in [1.807, 2.05) is 0 Å². The predicted octanol–water partition coefficient (Wildman–Crippen LogP) is -0.448. The van der Waals surface area contributed by atoms with E-state index in [1.165, 1.54) is 48.6 Å². The number of benzene rings is 2. The lowest BCUT2D eigenvalue weighted by atomic mass is 9.79. The number of carbonyl (C=O) groups excluding carboxylic acids is 5. The fraction of sp³-hybridized carbons (Fsp3) is 0.447. The lowest BCUT2D eigenvalue weighted by Gasteiger charge is -2.40. The molecular formula is C38H46N2O16. The van der Waals surface area contributed by atoms with Crippen LogP contribution in [0.15, 0.2) is 48.6 Å². The number of aliphatic hydroxyl groups excluding tert-OH is 3. The number of hydrogen-bond donors (Lipinski definition) is 11. The van der Waals surface area contributed by atoms with Crippen LogP contribution in [0.1, 0.15) is 62.5 Å². The maximum atomic E-state index is 13.1. The molecule has 0 bridgehead atoms. The molecule has 0 spiro atoms. The first-order valence-electron chi connectivity index (χ1n) is 17.8. The van der Waals surface area contributed by atoms with E-state index in [4.69, 9.17) is 9.47 Å². The highest BCUT2D eigenvalue weighted by atomic mass is 16.6. The van der Waals surface area contributed by atoms with Crippen molar-refractivity contribution in [3.8, 4) is 23.0 Å². The maximum Gasteiger partial charge on any atom is 0.331 e. The molecule has 2 amide bonds. The molecule has 0 heterocycles. The van der Waals surface area contributed by atoms with E-state index in [0.717, 1.165) is 12.2 Å². The molecule has 1 unspecified atom stereocenters. The Hall–Kier alpha value is -5.53. The standard InChI is InChI=1S/C38H46N2O16/c41-20-23(40-36(52)37(53)16-24(42)15-25(17-37)55-32(48)10-6-21-4-8-26(43)28(45)13-21)3-1-2-12-39-35(51)38(54)18-30(47)34(50)31(19-38)56-33(49)11-7-22-5-9-27(44)29(46)14-22/h4-11,13-14,20,23-25,30-31,34,42-47,50,53-54H,1-3,12,15-19H2,(H,39,51)(H,40,52)/b10-6+,11-7+/t23?,24-,25-,30+,31+,34+,37-,38-/m0/s1. The van der Waals surface area contributed by atoms with Gasteiger partial charge in [-0.25, -0.2) is 9.59 Å². The number of unbranched alkanes of at least 4 members (excludes halogenated alkanes) is 1. The maximum absolute atomic E-state index is 13.1. The van der Waals surface area contributed by atoms with Crippen LogP contribution in [0.4, 0.5) is 0 Å². The van der Waals surface area contributed by atoms with Crippen LogP contribution < -0.4 is 10.6 Å². The van der Waals surface area contributed by atoms with Crippen LogP contribution in [0, 0.1) is 0 Å². The second-order valence-electron chi connectivity index (χ2n) is 14.0. The minimum atomic E-state index is -2.23. The van der Waals surface area contributed by atoms with Gasteiger partial charge in [0, 0.05) is 50.8 Å². The lowest BCUT2D eigenvalue weighted by molar-refractivity contribution is -0.187. The van der Waals surface area contributed by atoms with Crippen LogP contribution >= 0.6 is 0 Å². The van der Waals surface area contributed by atoms with Gasteiger partial charge in [0.15, 0.2) is 23.0 Å². The first kappa shape index (κ1) is 43.2. The lowest BCUT2D eigenvalue weighted by Crippen LogP contribution is -2.59. The van der Waals surface area contributed by atoms with Gasteiger partial charge in [0.1, 0.15) is 35.8 Å². The summed E-state index contributed by atoms with van der Waals surface area (Å²) in [4.78, 5) is 62.7. The smallest absolute Gasteiger partial charge is 0.331 e. The molecule has 18 nitrogen and oxygen atoms in total. The molecule has 304 valence electrons. The number of nitrogens with one attached hydrogen (secondary N) is 2. The van der Waals surface area contributed by atoms with Gasteiger partial charge in [-0.2, -0.15) is 0 Å². The molecule has 8 atom stereocenters. The van der Waals surface area contributed by atoms with E-state index in [2.05, 4.69) is 10.6 Å². The number of ether oxygens (including phenoxy) is 2. The van der Waals surface area contributed by atoms with Crippen molar-refractivity contribution < 1.29 is 79.4 Å². The molecule has 2 aromatic carbocycles. The summed E-state index contributed by atoms with van der Waals surface area (Å²) < 4.78 is 10.5. The highest BCUT2D eigenvalue weighted by molar-refractivity contribution is 5.89. The first-order valence-corrected chi connectivity index (χ1v) is 17.8. The number of phenolic OH excluding ortho intramolecular Hbond substituents is 4. The Kier molecular flexibility index (Phi) is 14.6. The van der Waals surface area contributed by atoms with Crippen LogP contribution in [-0.2, 0) is 33.4 Å².